The molecular weight excluding hydrogens is 410 g/mol. The first-order valence-electron chi connectivity index (χ1n) is 9.14. The highest BCUT2D eigenvalue weighted by atomic mass is 32.2. The summed E-state index contributed by atoms with van der Waals surface area (Å²) >= 11 is 3.10. The number of carbonyl (C=O) groups excluding carboxylic acids is 1. The number of nitrogens with zero attached hydrogens (tertiary/aromatic N) is 1. The van der Waals surface area contributed by atoms with Crippen molar-refractivity contribution in [3.8, 4) is 0 Å². The fraction of sp³-hybridized carbons (Fsp3) is 0.286. The number of hydrogen-bond donors (Lipinski definition) is 0. The van der Waals surface area contributed by atoms with Crippen LogP contribution in [-0.4, -0.2) is 42.5 Å². The first-order valence-corrected chi connectivity index (χ1v) is 12.8. The van der Waals surface area contributed by atoms with Gasteiger partial charge in [0.25, 0.3) is 0 Å². The van der Waals surface area contributed by atoms with Crippen molar-refractivity contribution in [1.82, 2.24) is 4.90 Å². The highest BCUT2D eigenvalue weighted by Crippen LogP contribution is 2.26. The Morgan fingerprint density at radius 1 is 1.11 bits per heavy atom. The fourth-order valence-electron chi connectivity index (χ4n) is 3.50. The third-order valence-corrected chi connectivity index (χ3v) is 8.55. The second kappa shape index (κ2) is 8.27. The Kier molecular flexibility index (Phi) is 5.75. The van der Waals surface area contributed by atoms with E-state index < -0.39 is 9.84 Å². The maximum Gasteiger partial charge on any atom is 0.233 e. The van der Waals surface area contributed by atoms with Crippen molar-refractivity contribution in [2.45, 2.75) is 23.9 Å². The van der Waals surface area contributed by atoms with Crippen molar-refractivity contribution in [3.63, 3.8) is 0 Å². The minimum atomic E-state index is -3.04. The lowest BCUT2D eigenvalue weighted by Gasteiger charge is -2.28. The van der Waals surface area contributed by atoms with E-state index in [1.807, 2.05) is 35.7 Å². The van der Waals surface area contributed by atoms with Gasteiger partial charge in [-0.25, -0.2) is 8.42 Å². The first-order chi connectivity index (χ1) is 13.5. The molecule has 3 aromatic rings. The summed E-state index contributed by atoms with van der Waals surface area (Å²) < 4.78 is 23.9. The zero-order chi connectivity index (χ0) is 19.6. The monoisotopic (exact) mass is 431 g/mol. The molecule has 1 fully saturated rings. The number of benzene rings is 2. The lowest BCUT2D eigenvalue weighted by molar-refractivity contribution is -0.130. The number of thioether (sulfide) groups is 1. The van der Waals surface area contributed by atoms with Crippen LogP contribution in [-0.2, 0) is 21.2 Å². The van der Waals surface area contributed by atoms with Gasteiger partial charge in [-0.05, 0) is 40.8 Å². The van der Waals surface area contributed by atoms with Crippen LogP contribution in [0, 0.1) is 0 Å². The van der Waals surface area contributed by atoms with Gasteiger partial charge in [0.2, 0.25) is 5.91 Å². The summed E-state index contributed by atoms with van der Waals surface area (Å²) in [6.45, 7) is 0.481. The van der Waals surface area contributed by atoms with Gasteiger partial charge in [-0.15, -0.1) is 23.1 Å². The molecule has 1 atom stereocenters. The third kappa shape index (κ3) is 4.59. The van der Waals surface area contributed by atoms with E-state index in [1.54, 1.807) is 16.2 Å². The van der Waals surface area contributed by atoms with E-state index in [-0.39, 0.29) is 23.5 Å². The van der Waals surface area contributed by atoms with Crippen molar-refractivity contribution >= 4 is 49.6 Å². The zero-order valence-electron chi connectivity index (χ0n) is 15.3. The Balaban J connectivity index is 1.48. The summed E-state index contributed by atoms with van der Waals surface area (Å²) in [6, 6.07) is 18.1. The van der Waals surface area contributed by atoms with E-state index in [0.29, 0.717) is 18.7 Å². The van der Waals surface area contributed by atoms with Gasteiger partial charge in [0.15, 0.2) is 9.84 Å². The molecule has 2 heterocycles. The number of amides is 1. The van der Waals surface area contributed by atoms with Gasteiger partial charge in [-0.1, -0.05) is 36.4 Å². The Labute approximate surface area is 173 Å². The second-order valence-corrected chi connectivity index (χ2v) is 11.3. The summed E-state index contributed by atoms with van der Waals surface area (Å²) in [5.74, 6) is 0.544. The van der Waals surface area contributed by atoms with Crippen molar-refractivity contribution in [1.29, 1.82) is 0 Å². The van der Waals surface area contributed by atoms with Gasteiger partial charge < -0.3 is 4.90 Å². The van der Waals surface area contributed by atoms with E-state index in [0.717, 1.165) is 15.2 Å². The molecule has 146 valence electrons. The van der Waals surface area contributed by atoms with Crippen molar-refractivity contribution in [2.75, 3.05) is 17.3 Å². The van der Waals surface area contributed by atoms with Crippen LogP contribution < -0.4 is 0 Å². The van der Waals surface area contributed by atoms with E-state index in [1.165, 1.54) is 17.1 Å². The molecule has 1 aliphatic heterocycles. The van der Waals surface area contributed by atoms with Crippen molar-refractivity contribution in [3.05, 3.63) is 64.9 Å². The smallest absolute Gasteiger partial charge is 0.233 e. The second-order valence-electron chi connectivity index (χ2n) is 6.96. The Morgan fingerprint density at radius 3 is 2.64 bits per heavy atom. The molecule has 0 aliphatic carbocycles. The van der Waals surface area contributed by atoms with Gasteiger partial charge >= 0.3 is 0 Å². The van der Waals surface area contributed by atoms with Crippen LogP contribution >= 0.6 is 23.1 Å². The number of fused-ring (bicyclic) bond motifs is 1. The van der Waals surface area contributed by atoms with Crippen LogP contribution in [0.1, 0.15) is 11.3 Å². The molecule has 4 nitrogen and oxygen atoms in total. The van der Waals surface area contributed by atoms with Gasteiger partial charge in [0.1, 0.15) is 0 Å². The largest absolute Gasteiger partial charge is 0.333 e. The molecule has 1 aliphatic rings. The topological polar surface area (TPSA) is 54.5 Å². The summed E-state index contributed by atoms with van der Waals surface area (Å²) in [4.78, 5) is 16.9. The molecule has 7 heteroatoms. The van der Waals surface area contributed by atoms with Gasteiger partial charge in [-0.2, -0.15) is 0 Å². The van der Waals surface area contributed by atoms with Crippen LogP contribution in [0.3, 0.4) is 0 Å². The first kappa shape index (κ1) is 19.5. The molecule has 28 heavy (non-hydrogen) atoms. The van der Waals surface area contributed by atoms with E-state index >= 15 is 0 Å². The normalized spacial score (nSPS) is 18.4. The van der Waals surface area contributed by atoms with Gasteiger partial charge in [0, 0.05) is 15.8 Å². The predicted molar refractivity (Wildman–Crippen MR) is 117 cm³/mol. The lowest BCUT2D eigenvalue weighted by atomic mass is 10.1. The fourth-order valence-corrected chi connectivity index (χ4v) is 6.76. The maximum absolute atomic E-state index is 13.0. The van der Waals surface area contributed by atoms with E-state index in [2.05, 4.69) is 24.3 Å². The summed E-state index contributed by atoms with van der Waals surface area (Å²) in [5, 5.41) is 4.30. The van der Waals surface area contributed by atoms with Crippen molar-refractivity contribution in [2.24, 2.45) is 0 Å². The highest BCUT2D eigenvalue weighted by molar-refractivity contribution is 8.00. The number of carbonyl (C=O) groups is 1. The van der Waals surface area contributed by atoms with E-state index in [9.17, 15) is 13.2 Å². The standard InChI is InChI=1S/C21H21NO3S3/c23-21(14-27-19-8-7-16-4-1-2-5-17(16)12-19)22(13-20-6-3-10-26-20)18-9-11-28(24,25)15-18/h1-8,10,12,18H,9,11,13-15H2/t18-/m1/s1. The maximum atomic E-state index is 13.0. The van der Waals surface area contributed by atoms with E-state index in [4.69, 9.17) is 0 Å². The summed E-state index contributed by atoms with van der Waals surface area (Å²) in [6.07, 6.45) is 0.528. The number of sulfone groups is 1. The molecule has 0 spiro atoms. The Hall–Kier alpha value is -1.83. The molecule has 2 aromatic carbocycles. The summed E-state index contributed by atoms with van der Waals surface area (Å²) in [7, 11) is -3.04. The van der Waals surface area contributed by atoms with Crippen LogP contribution in [0.25, 0.3) is 10.8 Å². The van der Waals surface area contributed by atoms with Crippen LogP contribution in [0.4, 0.5) is 0 Å². The predicted octanol–water partition coefficient (Wildman–Crippen LogP) is 4.21. The molecule has 1 saturated heterocycles. The van der Waals surface area contributed by atoms with Crippen molar-refractivity contribution < 1.29 is 13.2 Å². The SMILES string of the molecule is O=C(CSc1ccc2ccccc2c1)N(Cc1cccs1)[C@@H]1CCS(=O)(=O)C1. The minimum Gasteiger partial charge on any atom is -0.333 e. The van der Waals surface area contributed by atoms with Crippen LogP contribution in [0.2, 0.25) is 0 Å². The molecule has 1 aromatic heterocycles. The minimum absolute atomic E-state index is 0.00587. The van der Waals surface area contributed by atoms with Crippen LogP contribution in [0.15, 0.2) is 64.9 Å². The quantitative estimate of drug-likeness (QED) is 0.549. The molecule has 0 N–H and O–H groups in total. The number of hydrogen-bond acceptors (Lipinski definition) is 5. The molecule has 1 amide bonds. The lowest BCUT2D eigenvalue weighted by Crippen LogP contribution is -2.41. The third-order valence-electron chi connectivity index (χ3n) is 4.96. The molecule has 0 saturated carbocycles. The zero-order valence-corrected chi connectivity index (χ0v) is 17.7. The van der Waals surface area contributed by atoms with Gasteiger partial charge in [0.05, 0.1) is 23.8 Å². The molecule has 0 bridgehead atoms. The number of thiophene rings is 1. The molecule has 0 unspecified atom stereocenters. The summed E-state index contributed by atoms with van der Waals surface area (Å²) in [5.41, 5.74) is 0. The Bertz CT molecular complexity index is 1080. The molecule has 4 rings (SSSR count). The van der Waals surface area contributed by atoms with Gasteiger partial charge in [-0.3, -0.25) is 4.79 Å². The average Bonchev–Trinajstić information content (AvgIpc) is 3.33. The molecular formula is C21H21NO3S3. The molecule has 0 radical (unpaired) electrons. The average molecular weight is 432 g/mol. The highest BCUT2D eigenvalue weighted by Gasteiger charge is 2.34. The Morgan fingerprint density at radius 2 is 1.93 bits per heavy atom. The number of rotatable bonds is 6. The van der Waals surface area contributed by atoms with Crippen LogP contribution in [0.5, 0.6) is 0 Å².